The van der Waals surface area contributed by atoms with Gasteiger partial charge in [-0.3, -0.25) is 0 Å². The number of alkyl halides is 1. The topological polar surface area (TPSA) is 37.3 Å². The van der Waals surface area contributed by atoms with Crippen molar-refractivity contribution in [2.75, 3.05) is 0 Å². The number of rotatable bonds is 2. The van der Waals surface area contributed by atoms with Crippen LogP contribution in [0.3, 0.4) is 0 Å². The minimum absolute atomic E-state index is 0.224. The number of aromatic carboxylic acids is 1. The van der Waals surface area contributed by atoms with Crippen LogP contribution >= 0.6 is 31.9 Å². The molecule has 0 radical (unpaired) electrons. The van der Waals surface area contributed by atoms with E-state index in [1.807, 2.05) is 19.9 Å². The van der Waals surface area contributed by atoms with Crippen LogP contribution in [0, 0.1) is 6.92 Å². The number of hydrogen-bond acceptors (Lipinski definition) is 1. The van der Waals surface area contributed by atoms with E-state index >= 15 is 0 Å². The Hall–Kier alpha value is -0.350. The first kappa shape index (κ1) is 11.7. The molecule has 1 rings (SSSR count). The molecule has 14 heavy (non-hydrogen) atoms. The van der Waals surface area contributed by atoms with Crippen molar-refractivity contribution < 1.29 is 9.90 Å². The monoisotopic (exact) mass is 320 g/mol. The van der Waals surface area contributed by atoms with E-state index in [1.54, 1.807) is 6.07 Å². The van der Waals surface area contributed by atoms with Gasteiger partial charge in [-0.15, -0.1) is 0 Å². The second kappa shape index (κ2) is 4.45. The maximum Gasteiger partial charge on any atom is 0.336 e. The van der Waals surface area contributed by atoms with Gasteiger partial charge in [0.1, 0.15) is 0 Å². The summed E-state index contributed by atoms with van der Waals surface area (Å²) in [5, 5.41) is 8.88. The van der Waals surface area contributed by atoms with Gasteiger partial charge in [-0.2, -0.15) is 0 Å². The Morgan fingerprint density at radius 2 is 2.07 bits per heavy atom. The average Bonchev–Trinajstić information content (AvgIpc) is 2.08. The molecule has 1 unspecified atom stereocenters. The van der Waals surface area contributed by atoms with Crippen molar-refractivity contribution in [1.29, 1.82) is 0 Å². The van der Waals surface area contributed by atoms with Gasteiger partial charge < -0.3 is 5.11 Å². The van der Waals surface area contributed by atoms with Crippen molar-refractivity contribution in [3.8, 4) is 0 Å². The molecule has 0 aliphatic heterocycles. The van der Waals surface area contributed by atoms with E-state index in [2.05, 4.69) is 31.9 Å². The first-order chi connectivity index (χ1) is 6.45. The molecule has 0 aliphatic rings. The van der Waals surface area contributed by atoms with Crippen LogP contribution in [0.1, 0.15) is 33.2 Å². The maximum atomic E-state index is 10.8. The van der Waals surface area contributed by atoms with Crippen molar-refractivity contribution in [2.24, 2.45) is 0 Å². The number of carboxylic acids is 1. The van der Waals surface area contributed by atoms with Gasteiger partial charge >= 0.3 is 5.97 Å². The highest BCUT2D eigenvalue weighted by atomic mass is 79.9. The first-order valence-electron chi connectivity index (χ1n) is 4.11. The highest BCUT2D eigenvalue weighted by Crippen LogP contribution is 2.31. The van der Waals surface area contributed by atoms with E-state index in [0.29, 0.717) is 10.0 Å². The highest BCUT2D eigenvalue weighted by molar-refractivity contribution is 9.10. The van der Waals surface area contributed by atoms with Crippen molar-refractivity contribution in [1.82, 2.24) is 0 Å². The van der Waals surface area contributed by atoms with E-state index in [-0.39, 0.29) is 4.83 Å². The molecule has 1 aromatic carbocycles. The molecule has 0 bridgehead atoms. The Balaban J connectivity index is 3.33. The average molecular weight is 322 g/mol. The van der Waals surface area contributed by atoms with E-state index in [9.17, 15) is 4.79 Å². The van der Waals surface area contributed by atoms with Gasteiger partial charge in [-0.1, -0.05) is 22.0 Å². The van der Waals surface area contributed by atoms with Crippen LogP contribution in [0.25, 0.3) is 0 Å². The quantitative estimate of drug-likeness (QED) is 0.838. The zero-order valence-electron chi connectivity index (χ0n) is 7.84. The molecular weight excluding hydrogens is 312 g/mol. The van der Waals surface area contributed by atoms with Gasteiger partial charge in [0.15, 0.2) is 0 Å². The number of carbonyl (C=O) groups is 1. The van der Waals surface area contributed by atoms with E-state index in [1.165, 1.54) is 0 Å². The Morgan fingerprint density at radius 3 is 2.50 bits per heavy atom. The number of hydrogen-bond donors (Lipinski definition) is 1. The van der Waals surface area contributed by atoms with Crippen LogP contribution < -0.4 is 0 Å². The molecule has 0 saturated carbocycles. The van der Waals surface area contributed by atoms with Gasteiger partial charge in [0.05, 0.1) is 5.56 Å². The fourth-order valence-corrected chi connectivity index (χ4v) is 2.32. The molecule has 0 spiro atoms. The molecule has 0 aromatic heterocycles. The molecule has 1 N–H and O–H groups in total. The summed E-state index contributed by atoms with van der Waals surface area (Å²) in [5.41, 5.74) is 2.37. The van der Waals surface area contributed by atoms with Crippen LogP contribution in [-0.4, -0.2) is 11.1 Å². The second-order valence-corrected chi connectivity index (χ2v) is 5.23. The lowest BCUT2D eigenvalue weighted by Crippen LogP contribution is -2.01. The minimum Gasteiger partial charge on any atom is -0.478 e. The predicted octanol–water partition coefficient (Wildman–Crippen LogP) is 3.91. The standard InChI is InChI=1S/C10H10Br2O2/c1-5-7(6(2)11)3-4-8(9(5)12)10(13)14/h3-4,6H,1-2H3,(H,13,14). The predicted molar refractivity (Wildman–Crippen MR) is 63.2 cm³/mol. The molecule has 76 valence electrons. The SMILES string of the molecule is Cc1c(C(C)Br)ccc(C(=O)O)c1Br. The molecule has 1 atom stereocenters. The van der Waals surface area contributed by atoms with Crippen LogP contribution in [0.15, 0.2) is 16.6 Å². The molecule has 0 amide bonds. The van der Waals surface area contributed by atoms with Gasteiger partial charge in [0.25, 0.3) is 0 Å². The lowest BCUT2D eigenvalue weighted by atomic mass is 10.0. The Bertz CT molecular complexity index is 373. The smallest absolute Gasteiger partial charge is 0.336 e. The number of carboxylic acid groups (broad SMARTS) is 1. The number of benzene rings is 1. The lowest BCUT2D eigenvalue weighted by Gasteiger charge is -2.11. The van der Waals surface area contributed by atoms with Crippen molar-refractivity contribution >= 4 is 37.8 Å². The van der Waals surface area contributed by atoms with Gasteiger partial charge in [0.2, 0.25) is 0 Å². The zero-order chi connectivity index (χ0) is 10.9. The summed E-state index contributed by atoms with van der Waals surface area (Å²) in [7, 11) is 0. The third-order valence-electron chi connectivity index (χ3n) is 2.09. The van der Waals surface area contributed by atoms with Crippen LogP contribution in [0.2, 0.25) is 0 Å². The summed E-state index contributed by atoms with van der Waals surface area (Å²) in [6.45, 7) is 3.92. The summed E-state index contributed by atoms with van der Waals surface area (Å²) < 4.78 is 0.661. The van der Waals surface area contributed by atoms with E-state index < -0.39 is 5.97 Å². The Kier molecular flexibility index (Phi) is 3.72. The lowest BCUT2D eigenvalue weighted by molar-refractivity contribution is 0.0696. The van der Waals surface area contributed by atoms with Gasteiger partial charge in [-0.25, -0.2) is 4.79 Å². The van der Waals surface area contributed by atoms with E-state index in [0.717, 1.165) is 11.1 Å². The molecule has 0 saturated heterocycles. The molecule has 1 aromatic rings. The van der Waals surface area contributed by atoms with Crippen LogP contribution in [-0.2, 0) is 0 Å². The van der Waals surface area contributed by atoms with Crippen molar-refractivity contribution in [2.45, 2.75) is 18.7 Å². The third kappa shape index (κ3) is 2.17. The first-order valence-corrected chi connectivity index (χ1v) is 5.82. The molecule has 0 aliphatic carbocycles. The maximum absolute atomic E-state index is 10.8. The summed E-state index contributed by atoms with van der Waals surface area (Å²) in [5.74, 6) is -0.909. The normalized spacial score (nSPS) is 12.6. The molecule has 2 nitrogen and oxygen atoms in total. The summed E-state index contributed by atoms with van der Waals surface area (Å²) in [4.78, 5) is 11.0. The van der Waals surface area contributed by atoms with Crippen molar-refractivity contribution in [3.05, 3.63) is 33.3 Å². The number of halogens is 2. The molecule has 0 fully saturated rings. The van der Waals surface area contributed by atoms with Crippen molar-refractivity contribution in [3.63, 3.8) is 0 Å². The van der Waals surface area contributed by atoms with Crippen LogP contribution in [0.4, 0.5) is 0 Å². The largest absolute Gasteiger partial charge is 0.478 e. The molecule has 4 heteroatoms. The van der Waals surface area contributed by atoms with Gasteiger partial charge in [-0.05, 0) is 47.0 Å². The summed E-state index contributed by atoms with van der Waals surface area (Å²) in [6.07, 6.45) is 0. The third-order valence-corrected chi connectivity index (χ3v) is 3.60. The molecule has 0 heterocycles. The second-order valence-electron chi connectivity index (χ2n) is 3.06. The zero-order valence-corrected chi connectivity index (χ0v) is 11.0. The van der Waals surface area contributed by atoms with Crippen LogP contribution in [0.5, 0.6) is 0 Å². The Labute approximate surface area is 99.6 Å². The Morgan fingerprint density at radius 1 is 1.50 bits per heavy atom. The summed E-state index contributed by atoms with van der Waals surface area (Å²) in [6, 6.07) is 3.45. The molecular formula is C10H10Br2O2. The highest BCUT2D eigenvalue weighted by Gasteiger charge is 2.14. The van der Waals surface area contributed by atoms with Gasteiger partial charge in [0, 0.05) is 9.30 Å². The fraction of sp³-hybridized carbons (Fsp3) is 0.300. The fourth-order valence-electron chi connectivity index (χ4n) is 1.30. The summed E-state index contributed by atoms with van der Waals surface area (Å²) >= 11 is 6.76. The minimum atomic E-state index is -0.909. The van der Waals surface area contributed by atoms with E-state index in [4.69, 9.17) is 5.11 Å².